The summed E-state index contributed by atoms with van der Waals surface area (Å²) in [5, 5.41) is 8.87. The van der Waals surface area contributed by atoms with Crippen LogP contribution in [0.25, 0.3) is 0 Å². The molecule has 0 aliphatic carbocycles. The standard InChI is InChI=1S/C14H18N2O2S/c1-11-6-7-12(2)16(10-11)19(17,18)14-5-3-4-13(8-14)9-15/h3-5,8,11-12H,6-7,10H2,1-2H3. The Kier molecular flexibility index (Phi) is 3.93. The maximum atomic E-state index is 12.6. The molecule has 1 fully saturated rings. The van der Waals surface area contributed by atoms with Crippen molar-refractivity contribution in [2.24, 2.45) is 5.92 Å². The third-order valence-corrected chi connectivity index (χ3v) is 5.61. The van der Waals surface area contributed by atoms with Crippen LogP contribution >= 0.6 is 0 Å². The van der Waals surface area contributed by atoms with Gasteiger partial charge in [0.05, 0.1) is 16.5 Å². The zero-order chi connectivity index (χ0) is 14.0. The molecular formula is C14H18N2O2S. The van der Waals surface area contributed by atoms with Crippen molar-refractivity contribution >= 4 is 10.0 Å². The lowest BCUT2D eigenvalue weighted by Crippen LogP contribution is -2.44. The number of sulfonamides is 1. The number of rotatable bonds is 2. The fraction of sp³-hybridized carbons (Fsp3) is 0.500. The Bertz CT molecular complexity index is 604. The monoisotopic (exact) mass is 278 g/mol. The predicted molar refractivity (Wildman–Crippen MR) is 72.9 cm³/mol. The Labute approximate surface area is 114 Å². The lowest BCUT2D eigenvalue weighted by molar-refractivity contribution is 0.218. The van der Waals surface area contributed by atoms with Crippen LogP contribution in [0.15, 0.2) is 29.2 Å². The number of piperidine rings is 1. The summed E-state index contributed by atoms with van der Waals surface area (Å²) >= 11 is 0. The Morgan fingerprint density at radius 1 is 1.32 bits per heavy atom. The Morgan fingerprint density at radius 2 is 2.05 bits per heavy atom. The highest BCUT2D eigenvalue weighted by atomic mass is 32.2. The second-order valence-electron chi connectivity index (χ2n) is 5.25. The van der Waals surface area contributed by atoms with Crippen LogP contribution in [-0.4, -0.2) is 25.3 Å². The van der Waals surface area contributed by atoms with Crippen molar-refractivity contribution in [3.05, 3.63) is 29.8 Å². The van der Waals surface area contributed by atoms with Gasteiger partial charge >= 0.3 is 0 Å². The molecule has 0 N–H and O–H groups in total. The third-order valence-electron chi connectivity index (χ3n) is 3.63. The van der Waals surface area contributed by atoms with Crippen LogP contribution < -0.4 is 0 Å². The van der Waals surface area contributed by atoms with E-state index < -0.39 is 10.0 Å². The zero-order valence-corrected chi connectivity index (χ0v) is 12.0. The summed E-state index contributed by atoms with van der Waals surface area (Å²) < 4.78 is 26.8. The van der Waals surface area contributed by atoms with Crippen molar-refractivity contribution < 1.29 is 8.42 Å². The first-order chi connectivity index (χ1) is 8.95. The largest absolute Gasteiger partial charge is 0.243 e. The summed E-state index contributed by atoms with van der Waals surface area (Å²) in [7, 11) is -3.49. The fourth-order valence-electron chi connectivity index (χ4n) is 2.44. The third kappa shape index (κ3) is 2.80. The minimum absolute atomic E-state index is 0.0203. The molecule has 1 aromatic rings. The topological polar surface area (TPSA) is 61.2 Å². The second-order valence-corrected chi connectivity index (χ2v) is 7.14. The van der Waals surface area contributed by atoms with Gasteiger partial charge in [-0.25, -0.2) is 8.42 Å². The van der Waals surface area contributed by atoms with Crippen LogP contribution in [0, 0.1) is 17.2 Å². The summed E-state index contributed by atoms with van der Waals surface area (Å²) in [5.74, 6) is 0.380. The van der Waals surface area contributed by atoms with Gasteiger partial charge in [0, 0.05) is 12.6 Å². The van der Waals surface area contributed by atoms with E-state index in [0.29, 0.717) is 18.0 Å². The summed E-state index contributed by atoms with van der Waals surface area (Å²) in [6.07, 6.45) is 1.95. The first-order valence-corrected chi connectivity index (χ1v) is 7.91. The van der Waals surface area contributed by atoms with Crippen molar-refractivity contribution in [2.45, 2.75) is 37.6 Å². The summed E-state index contributed by atoms with van der Waals surface area (Å²) in [4.78, 5) is 0.215. The van der Waals surface area contributed by atoms with E-state index in [1.54, 1.807) is 22.5 Å². The molecule has 1 heterocycles. The van der Waals surface area contributed by atoms with Crippen LogP contribution in [-0.2, 0) is 10.0 Å². The molecule has 102 valence electrons. The first kappa shape index (κ1) is 14.0. The quantitative estimate of drug-likeness (QED) is 0.834. The fourth-order valence-corrected chi connectivity index (χ4v) is 4.27. The van der Waals surface area contributed by atoms with Gasteiger partial charge in [-0.05, 0) is 43.9 Å². The van der Waals surface area contributed by atoms with Crippen LogP contribution in [0.2, 0.25) is 0 Å². The molecule has 1 aromatic carbocycles. The average molecular weight is 278 g/mol. The number of hydrogen-bond acceptors (Lipinski definition) is 3. The molecule has 1 aliphatic rings. The van der Waals surface area contributed by atoms with Crippen LogP contribution in [0.1, 0.15) is 32.3 Å². The molecule has 1 aliphatic heterocycles. The van der Waals surface area contributed by atoms with E-state index >= 15 is 0 Å². The zero-order valence-electron chi connectivity index (χ0n) is 11.2. The van der Waals surface area contributed by atoms with Gasteiger partial charge in [-0.3, -0.25) is 0 Å². The highest BCUT2D eigenvalue weighted by Crippen LogP contribution is 2.28. The number of benzene rings is 1. The van der Waals surface area contributed by atoms with E-state index in [4.69, 9.17) is 5.26 Å². The molecule has 2 unspecified atom stereocenters. The van der Waals surface area contributed by atoms with Gasteiger partial charge in [0.15, 0.2) is 0 Å². The summed E-state index contributed by atoms with van der Waals surface area (Å²) in [5.41, 5.74) is 0.374. The van der Waals surface area contributed by atoms with E-state index in [-0.39, 0.29) is 10.9 Å². The normalized spacial score (nSPS) is 24.9. The van der Waals surface area contributed by atoms with Crippen molar-refractivity contribution in [3.8, 4) is 6.07 Å². The number of nitriles is 1. The number of hydrogen-bond donors (Lipinski definition) is 0. The highest BCUT2D eigenvalue weighted by Gasteiger charge is 2.33. The van der Waals surface area contributed by atoms with Gasteiger partial charge in [0.2, 0.25) is 10.0 Å². The number of nitrogens with zero attached hydrogens (tertiary/aromatic N) is 2. The lowest BCUT2D eigenvalue weighted by atomic mass is 9.97. The Morgan fingerprint density at radius 3 is 2.74 bits per heavy atom. The van der Waals surface area contributed by atoms with Gasteiger partial charge < -0.3 is 0 Å². The van der Waals surface area contributed by atoms with E-state index in [1.165, 1.54) is 6.07 Å². The van der Waals surface area contributed by atoms with E-state index in [9.17, 15) is 8.42 Å². The van der Waals surface area contributed by atoms with Crippen LogP contribution in [0.4, 0.5) is 0 Å². The molecule has 0 radical (unpaired) electrons. The summed E-state index contributed by atoms with van der Waals surface area (Å²) in [6.45, 7) is 4.57. The molecule has 19 heavy (non-hydrogen) atoms. The van der Waals surface area contributed by atoms with E-state index in [1.807, 2.05) is 13.0 Å². The van der Waals surface area contributed by atoms with Crippen molar-refractivity contribution in [1.29, 1.82) is 5.26 Å². The maximum absolute atomic E-state index is 12.6. The Balaban J connectivity index is 2.38. The second kappa shape index (κ2) is 5.32. The Hall–Kier alpha value is -1.38. The minimum atomic E-state index is -3.49. The molecule has 0 bridgehead atoms. The molecule has 1 saturated heterocycles. The predicted octanol–water partition coefficient (Wildman–Crippen LogP) is 2.37. The molecular weight excluding hydrogens is 260 g/mol. The average Bonchev–Trinajstić information content (AvgIpc) is 2.41. The summed E-state index contributed by atoms with van der Waals surface area (Å²) in [6, 6.07) is 8.23. The molecule has 2 atom stereocenters. The molecule has 0 aromatic heterocycles. The van der Waals surface area contributed by atoms with Gasteiger partial charge in [-0.1, -0.05) is 13.0 Å². The molecule has 0 amide bonds. The molecule has 4 nitrogen and oxygen atoms in total. The van der Waals surface area contributed by atoms with E-state index in [2.05, 4.69) is 6.92 Å². The smallest absolute Gasteiger partial charge is 0.207 e. The minimum Gasteiger partial charge on any atom is -0.207 e. The van der Waals surface area contributed by atoms with Crippen molar-refractivity contribution in [1.82, 2.24) is 4.31 Å². The molecule has 0 saturated carbocycles. The van der Waals surface area contributed by atoms with Gasteiger partial charge in [-0.2, -0.15) is 9.57 Å². The van der Waals surface area contributed by atoms with Crippen LogP contribution in [0.5, 0.6) is 0 Å². The maximum Gasteiger partial charge on any atom is 0.243 e. The van der Waals surface area contributed by atoms with Crippen molar-refractivity contribution in [2.75, 3.05) is 6.54 Å². The first-order valence-electron chi connectivity index (χ1n) is 6.47. The van der Waals surface area contributed by atoms with Crippen molar-refractivity contribution in [3.63, 3.8) is 0 Å². The SMILES string of the molecule is CC1CCC(C)N(S(=O)(=O)c2cccc(C#N)c2)C1. The molecule has 0 spiro atoms. The van der Waals surface area contributed by atoms with Gasteiger partial charge in [0.25, 0.3) is 0 Å². The van der Waals surface area contributed by atoms with Crippen LogP contribution in [0.3, 0.4) is 0 Å². The van der Waals surface area contributed by atoms with Gasteiger partial charge in [-0.15, -0.1) is 0 Å². The molecule has 5 heteroatoms. The molecule has 2 rings (SSSR count). The highest BCUT2D eigenvalue weighted by molar-refractivity contribution is 7.89. The lowest BCUT2D eigenvalue weighted by Gasteiger charge is -2.35. The van der Waals surface area contributed by atoms with Gasteiger partial charge in [0.1, 0.15) is 0 Å². The van der Waals surface area contributed by atoms with E-state index in [0.717, 1.165) is 12.8 Å².